The van der Waals surface area contributed by atoms with E-state index in [4.69, 9.17) is 10.5 Å². The Bertz CT molecular complexity index is 214. The van der Waals surface area contributed by atoms with Gasteiger partial charge < -0.3 is 10.5 Å². The second-order valence-corrected chi connectivity index (χ2v) is 5.87. The van der Waals surface area contributed by atoms with Crippen LogP contribution in [0.5, 0.6) is 0 Å². The first-order valence-corrected chi connectivity index (χ1v) is 6.74. The van der Waals surface area contributed by atoms with Gasteiger partial charge in [0.15, 0.2) is 0 Å². The van der Waals surface area contributed by atoms with Crippen LogP contribution in [0.25, 0.3) is 0 Å². The summed E-state index contributed by atoms with van der Waals surface area (Å²) in [5.74, 6) is 1.28. The summed E-state index contributed by atoms with van der Waals surface area (Å²) in [6, 6.07) is 0. The van der Waals surface area contributed by atoms with E-state index in [1.54, 1.807) is 0 Å². The van der Waals surface area contributed by atoms with E-state index in [0.29, 0.717) is 24.8 Å². The average Bonchev–Trinajstić information content (AvgIpc) is 2.13. The summed E-state index contributed by atoms with van der Waals surface area (Å²) >= 11 is 0. The van der Waals surface area contributed by atoms with E-state index < -0.39 is 0 Å². The number of rotatable bonds is 8. The fraction of sp³-hybridized carbons (Fsp3) is 0.929. The number of carbonyl (C=O) groups is 1. The lowest BCUT2D eigenvalue weighted by atomic mass is 9.94. The molecule has 17 heavy (non-hydrogen) atoms. The van der Waals surface area contributed by atoms with Crippen LogP contribution in [0.3, 0.4) is 0 Å². The van der Waals surface area contributed by atoms with E-state index in [1.165, 1.54) is 0 Å². The minimum absolute atomic E-state index is 0.0139. The minimum atomic E-state index is -0.103. The van der Waals surface area contributed by atoms with Crippen LogP contribution in [0.15, 0.2) is 0 Å². The molecule has 0 aromatic carbocycles. The number of esters is 1. The molecule has 0 aromatic heterocycles. The summed E-state index contributed by atoms with van der Waals surface area (Å²) in [6.07, 6.45) is 2.38. The van der Waals surface area contributed by atoms with Crippen LogP contribution in [0, 0.1) is 17.8 Å². The van der Waals surface area contributed by atoms with Gasteiger partial charge in [-0.15, -0.1) is 0 Å². The minimum Gasteiger partial charge on any atom is -0.463 e. The van der Waals surface area contributed by atoms with E-state index in [1.807, 2.05) is 6.92 Å². The maximum Gasteiger partial charge on any atom is 0.306 e. The lowest BCUT2D eigenvalue weighted by molar-refractivity contribution is -0.150. The summed E-state index contributed by atoms with van der Waals surface area (Å²) in [5, 5.41) is 0. The number of ether oxygens (including phenoxy) is 1. The smallest absolute Gasteiger partial charge is 0.306 e. The number of carbonyl (C=O) groups excluding carboxylic acids is 1. The first-order valence-electron chi connectivity index (χ1n) is 6.74. The maximum absolute atomic E-state index is 11.7. The molecule has 3 heteroatoms. The largest absolute Gasteiger partial charge is 0.463 e. The molecule has 102 valence electrons. The molecule has 0 amide bonds. The standard InChI is InChI=1S/C14H29NO2/c1-10(2)6-12(5)17-14(16)8-13(9-15)7-11(3)4/h10-13H,6-9,15H2,1-5H3. The van der Waals surface area contributed by atoms with Crippen molar-refractivity contribution in [1.82, 2.24) is 0 Å². The third kappa shape index (κ3) is 9.16. The summed E-state index contributed by atoms with van der Waals surface area (Å²) in [7, 11) is 0. The van der Waals surface area contributed by atoms with Gasteiger partial charge in [-0.3, -0.25) is 4.79 Å². The number of hydrogen-bond acceptors (Lipinski definition) is 3. The SMILES string of the molecule is CC(C)CC(CN)CC(=O)OC(C)CC(C)C. The van der Waals surface area contributed by atoms with Gasteiger partial charge in [0.25, 0.3) is 0 Å². The monoisotopic (exact) mass is 243 g/mol. The molecule has 0 aliphatic carbocycles. The quantitative estimate of drug-likeness (QED) is 0.667. The van der Waals surface area contributed by atoms with Crippen molar-refractivity contribution < 1.29 is 9.53 Å². The van der Waals surface area contributed by atoms with Gasteiger partial charge in [0.1, 0.15) is 0 Å². The third-order valence-electron chi connectivity index (χ3n) is 2.73. The van der Waals surface area contributed by atoms with Gasteiger partial charge in [-0.2, -0.15) is 0 Å². The Morgan fingerprint density at radius 1 is 1.06 bits per heavy atom. The molecule has 2 unspecified atom stereocenters. The first kappa shape index (κ1) is 16.4. The van der Waals surface area contributed by atoms with E-state index in [2.05, 4.69) is 27.7 Å². The Kier molecular flexibility index (Phi) is 8.23. The molecule has 0 aromatic rings. The van der Waals surface area contributed by atoms with Crippen molar-refractivity contribution in [3.8, 4) is 0 Å². The zero-order valence-electron chi connectivity index (χ0n) is 12.0. The second-order valence-electron chi connectivity index (χ2n) is 5.87. The molecule has 0 heterocycles. The van der Waals surface area contributed by atoms with Crippen LogP contribution < -0.4 is 5.73 Å². The molecule has 0 saturated carbocycles. The van der Waals surface area contributed by atoms with Crippen molar-refractivity contribution in [2.75, 3.05) is 6.54 Å². The number of nitrogens with two attached hydrogens (primary N) is 1. The van der Waals surface area contributed by atoms with E-state index >= 15 is 0 Å². The molecule has 2 N–H and O–H groups in total. The van der Waals surface area contributed by atoms with Gasteiger partial charge in [-0.25, -0.2) is 0 Å². The van der Waals surface area contributed by atoms with Crippen molar-refractivity contribution in [1.29, 1.82) is 0 Å². The van der Waals surface area contributed by atoms with Gasteiger partial charge >= 0.3 is 5.97 Å². The highest BCUT2D eigenvalue weighted by molar-refractivity contribution is 5.69. The Labute approximate surface area is 106 Å². The topological polar surface area (TPSA) is 52.3 Å². The zero-order chi connectivity index (χ0) is 13.4. The van der Waals surface area contributed by atoms with E-state index in [-0.39, 0.29) is 18.0 Å². The molecule has 0 radical (unpaired) electrons. The molecule has 0 aliphatic heterocycles. The Morgan fingerprint density at radius 2 is 1.59 bits per heavy atom. The summed E-state index contributed by atoms with van der Waals surface area (Å²) in [4.78, 5) is 11.7. The fourth-order valence-electron chi connectivity index (χ4n) is 2.15. The van der Waals surface area contributed by atoms with Crippen LogP contribution >= 0.6 is 0 Å². The molecule has 0 spiro atoms. The summed E-state index contributed by atoms with van der Waals surface area (Å²) in [6.45, 7) is 11.1. The molecule has 0 bridgehead atoms. The normalized spacial score (nSPS) is 15.1. The van der Waals surface area contributed by atoms with Crippen molar-refractivity contribution in [2.45, 2.75) is 60.0 Å². The predicted molar refractivity (Wildman–Crippen MR) is 71.6 cm³/mol. The lowest BCUT2D eigenvalue weighted by Gasteiger charge is -2.19. The highest BCUT2D eigenvalue weighted by Crippen LogP contribution is 2.16. The van der Waals surface area contributed by atoms with Crippen LogP contribution in [0.4, 0.5) is 0 Å². The highest BCUT2D eigenvalue weighted by Gasteiger charge is 2.17. The van der Waals surface area contributed by atoms with Crippen molar-refractivity contribution >= 4 is 5.97 Å². The van der Waals surface area contributed by atoms with Gasteiger partial charge in [0.2, 0.25) is 0 Å². The summed E-state index contributed by atoms with van der Waals surface area (Å²) in [5.41, 5.74) is 5.67. The molecular formula is C14H29NO2. The fourth-order valence-corrected chi connectivity index (χ4v) is 2.15. The van der Waals surface area contributed by atoms with Crippen molar-refractivity contribution in [3.63, 3.8) is 0 Å². The molecule has 0 rings (SSSR count). The molecule has 0 fully saturated rings. The Morgan fingerprint density at radius 3 is 2.00 bits per heavy atom. The molecule has 3 nitrogen and oxygen atoms in total. The van der Waals surface area contributed by atoms with Gasteiger partial charge in [0, 0.05) is 6.42 Å². The van der Waals surface area contributed by atoms with Crippen LogP contribution in [-0.4, -0.2) is 18.6 Å². The van der Waals surface area contributed by atoms with Gasteiger partial charge in [-0.1, -0.05) is 27.7 Å². The highest BCUT2D eigenvalue weighted by atomic mass is 16.5. The second kappa shape index (κ2) is 8.51. The molecule has 2 atom stereocenters. The van der Waals surface area contributed by atoms with Crippen LogP contribution in [0.2, 0.25) is 0 Å². The Balaban J connectivity index is 3.97. The van der Waals surface area contributed by atoms with Crippen LogP contribution in [0.1, 0.15) is 53.9 Å². The summed E-state index contributed by atoms with van der Waals surface area (Å²) < 4.78 is 5.38. The van der Waals surface area contributed by atoms with Crippen LogP contribution in [-0.2, 0) is 9.53 Å². The van der Waals surface area contributed by atoms with E-state index in [9.17, 15) is 4.79 Å². The maximum atomic E-state index is 11.7. The number of hydrogen-bond donors (Lipinski definition) is 1. The van der Waals surface area contributed by atoms with Gasteiger partial charge in [0.05, 0.1) is 6.10 Å². The molecule has 0 aliphatic rings. The molecule has 0 saturated heterocycles. The third-order valence-corrected chi connectivity index (χ3v) is 2.73. The van der Waals surface area contributed by atoms with E-state index in [0.717, 1.165) is 12.8 Å². The van der Waals surface area contributed by atoms with Crippen molar-refractivity contribution in [3.05, 3.63) is 0 Å². The average molecular weight is 243 g/mol. The first-order chi connectivity index (χ1) is 7.85. The lowest BCUT2D eigenvalue weighted by Crippen LogP contribution is -2.24. The van der Waals surface area contributed by atoms with Crippen molar-refractivity contribution in [2.24, 2.45) is 23.5 Å². The molecular weight excluding hydrogens is 214 g/mol. The predicted octanol–water partition coefficient (Wildman–Crippen LogP) is 2.98. The zero-order valence-corrected chi connectivity index (χ0v) is 12.0. The Hall–Kier alpha value is -0.570. The van der Waals surface area contributed by atoms with Gasteiger partial charge in [-0.05, 0) is 44.1 Å².